The highest BCUT2D eigenvalue weighted by Gasteiger charge is 2.18. The van der Waals surface area contributed by atoms with Crippen LogP contribution in [0.2, 0.25) is 0 Å². The first-order valence-electron chi connectivity index (χ1n) is 6.06. The molecule has 1 aliphatic heterocycles. The van der Waals surface area contributed by atoms with Crippen LogP contribution in [0.5, 0.6) is 0 Å². The molecule has 0 amide bonds. The van der Waals surface area contributed by atoms with Crippen LogP contribution < -0.4 is 9.80 Å². The molecule has 1 aromatic rings. The van der Waals surface area contributed by atoms with Crippen molar-refractivity contribution in [3.8, 4) is 0 Å². The van der Waals surface area contributed by atoms with Gasteiger partial charge in [-0.05, 0) is 12.1 Å². The van der Waals surface area contributed by atoms with Gasteiger partial charge in [-0.1, -0.05) is 12.1 Å². The van der Waals surface area contributed by atoms with Gasteiger partial charge in [0, 0.05) is 26.7 Å². The van der Waals surface area contributed by atoms with Crippen molar-refractivity contribution in [3.05, 3.63) is 24.3 Å². The third kappa shape index (κ3) is 2.90. The Morgan fingerprint density at radius 1 is 1.18 bits per heavy atom. The third-order valence-corrected chi connectivity index (χ3v) is 3.08. The molecule has 1 heterocycles. The SMILES string of the molecule is CN1CCN(CCOCCO)c2ccccc21. The van der Waals surface area contributed by atoms with Gasteiger partial charge in [0.2, 0.25) is 0 Å². The Morgan fingerprint density at radius 2 is 1.94 bits per heavy atom. The second-order valence-electron chi connectivity index (χ2n) is 4.23. The minimum Gasteiger partial charge on any atom is -0.394 e. The van der Waals surface area contributed by atoms with Crippen molar-refractivity contribution in [1.82, 2.24) is 0 Å². The van der Waals surface area contributed by atoms with Crippen molar-refractivity contribution in [2.24, 2.45) is 0 Å². The van der Waals surface area contributed by atoms with E-state index in [1.807, 2.05) is 0 Å². The maximum Gasteiger partial charge on any atom is 0.0698 e. The average molecular weight is 236 g/mol. The van der Waals surface area contributed by atoms with Crippen LogP contribution in [0.25, 0.3) is 0 Å². The maximum absolute atomic E-state index is 8.65. The van der Waals surface area contributed by atoms with Crippen LogP contribution in [0.1, 0.15) is 0 Å². The molecule has 17 heavy (non-hydrogen) atoms. The van der Waals surface area contributed by atoms with Crippen LogP contribution in [-0.2, 0) is 4.74 Å². The molecule has 0 saturated carbocycles. The topological polar surface area (TPSA) is 35.9 Å². The summed E-state index contributed by atoms with van der Waals surface area (Å²) in [5, 5.41) is 8.65. The highest BCUT2D eigenvalue weighted by atomic mass is 16.5. The van der Waals surface area contributed by atoms with Gasteiger partial charge in [-0.2, -0.15) is 0 Å². The predicted molar refractivity (Wildman–Crippen MR) is 69.8 cm³/mol. The number of aliphatic hydroxyl groups is 1. The molecule has 0 fully saturated rings. The number of nitrogens with zero attached hydrogens (tertiary/aromatic N) is 2. The lowest BCUT2D eigenvalue weighted by Gasteiger charge is -2.36. The second kappa shape index (κ2) is 5.89. The molecule has 0 spiro atoms. The van der Waals surface area contributed by atoms with Gasteiger partial charge in [0.15, 0.2) is 0 Å². The number of hydrogen-bond acceptors (Lipinski definition) is 4. The summed E-state index contributed by atoms with van der Waals surface area (Å²) < 4.78 is 5.32. The van der Waals surface area contributed by atoms with E-state index >= 15 is 0 Å². The molecular formula is C13H20N2O2. The Morgan fingerprint density at radius 3 is 2.71 bits per heavy atom. The number of aliphatic hydroxyl groups excluding tert-OH is 1. The highest BCUT2D eigenvalue weighted by Crippen LogP contribution is 2.31. The summed E-state index contributed by atoms with van der Waals surface area (Å²) in [7, 11) is 2.12. The first-order valence-corrected chi connectivity index (χ1v) is 6.06. The summed E-state index contributed by atoms with van der Waals surface area (Å²) in [6, 6.07) is 8.44. The average Bonchev–Trinajstić information content (AvgIpc) is 2.37. The third-order valence-electron chi connectivity index (χ3n) is 3.08. The monoisotopic (exact) mass is 236 g/mol. The number of para-hydroxylation sites is 2. The van der Waals surface area contributed by atoms with E-state index in [1.54, 1.807) is 0 Å². The van der Waals surface area contributed by atoms with E-state index in [-0.39, 0.29) is 6.61 Å². The van der Waals surface area contributed by atoms with Crippen LogP contribution in [0.15, 0.2) is 24.3 Å². The molecule has 1 aliphatic rings. The first-order chi connectivity index (χ1) is 8.33. The summed E-state index contributed by atoms with van der Waals surface area (Å²) in [5.74, 6) is 0. The van der Waals surface area contributed by atoms with Crippen molar-refractivity contribution < 1.29 is 9.84 Å². The molecule has 0 aromatic heterocycles. The van der Waals surface area contributed by atoms with Crippen LogP contribution >= 0.6 is 0 Å². The fraction of sp³-hybridized carbons (Fsp3) is 0.538. The quantitative estimate of drug-likeness (QED) is 0.772. The summed E-state index contributed by atoms with van der Waals surface area (Å²) in [6.45, 7) is 4.13. The van der Waals surface area contributed by atoms with Crippen molar-refractivity contribution in [1.29, 1.82) is 0 Å². The summed E-state index contributed by atoms with van der Waals surface area (Å²) >= 11 is 0. The van der Waals surface area contributed by atoms with Crippen LogP contribution in [0.4, 0.5) is 11.4 Å². The Balaban J connectivity index is 1.98. The number of ether oxygens (including phenoxy) is 1. The fourth-order valence-electron chi connectivity index (χ4n) is 2.14. The molecule has 0 saturated heterocycles. The number of likely N-dealkylation sites (N-methyl/N-ethyl adjacent to an activating group) is 1. The van der Waals surface area contributed by atoms with Gasteiger partial charge in [0.25, 0.3) is 0 Å². The first kappa shape index (κ1) is 12.2. The van der Waals surface area contributed by atoms with Gasteiger partial charge in [0.05, 0.1) is 31.2 Å². The van der Waals surface area contributed by atoms with Gasteiger partial charge in [-0.15, -0.1) is 0 Å². The van der Waals surface area contributed by atoms with Gasteiger partial charge in [0.1, 0.15) is 0 Å². The number of fused-ring (bicyclic) bond motifs is 1. The lowest BCUT2D eigenvalue weighted by atomic mass is 10.2. The lowest BCUT2D eigenvalue weighted by molar-refractivity contribution is 0.0966. The fourth-order valence-corrected chi connectivity index (χ4v) is 2.14. The molecule has 4 nitrogen and oxygen atoms in total. The molecule has 4 heteroatoms. The zero-order chi connectivity index (χ0) is 12.1. The normalized spacial score (nSPS) is 14.9. The van der Waals surface area contributed by atoms with E-state index < -0.39 is 0 Å². The zero-order valence-electron chi connectivity index (χ0n) is 10.3. The summed E-state index contributed by atoms with van der Waals surface area (Å²) in [5.41, 5.74) is 2.55. The van der Waals surface area contributed by atoms with Crippen molar-refractivity contribution in [3.63, 3.8) is 0 Å². The molecule has 94 valence electrons. The molecule has 0 atom stereocenters. The van der Waals surface area contributed by atoms with Gasteiger partial charge < -0.3 is 19.6 Å². The number of rotatable bonds is 5. The molecule has 1 aromatic carbocycles. The van der Waals surface area contributed by atoms with Gasteiger partial charge >= 0.3 is 0 Å². The van der Waals surface area contributed by atoms with Crippen molar-refractivity contribution in [2.75, 3.05) is 56.3 Å². The van der Waals surface area contributed by atoms with Crippen LogP contribution in [-0.4, -0.2) is 51.6 Å². The number of anilines is 2. The Labute approximate surface area is 102 Å². The highest BCUT2D eigenvalue weighted by molar-refractivity contribution is 5.72. The van der Waals surface area contributed by atoms with Gasteiger partial charge in [-0.25, -0.2) is 0 Å². The van der Waals surface area contributed by atoms with E-state index in [0.717, 1.165) is 19.6 Å². The standard InChI is InChI=1S/C13H20N2O2/c1-14-6-7-15(8-10-17-11-9-16)13-5-3-2-4-12(13)14/h2-5,16H,6-11H2,1H3. The van der Waals surface area contributed by atoms with Crippen molar-refractivity contribution >= 4 is 11.4 Å². The Hall–Kier alpha value is -1.26. The van der Waals surface area contributed by atoms with E-state index in [1.165, 1.54) is 11.4 Å². The van der Waals surface area contributed by atoms with Crippen molar-refractivity contribution in [2.45, 2.75) is 0 Å². The predicted octanol–water partition coefficient (Wildman–Crippen LogP) is 0.952. The Kier molecular flexibility index (Phi) is 4.23. The minimum atomic E-state index is 0.0966. The molecule has 0 unspecified atom stereocenters. The molecule has 1 N–H and O–H groups in total. The van der Waals surface area contributed by atoms with E-state index in [2.05, 4.69) is 41.1 Å². The van der Waals surface area contributed by atoms with Crippen LogP contribution in [0.3, 0.4) is 0 Å². The zero-order valence-corrected chi connectivity index (χ0v) is 10.3. The second-order valence-corrected chi connectivity index (χ2v) is 4.23. The molecule has 0 radical (unpaired) electrons. The summed E-state index contributed by atoms with van der Waals surface area (Å²) in [6.07, 6.45) is 0. The minimum absolute atomic E-state index is 0.0966. The summed E-state index contributed by atoms with van der Waals surface area (Å²) in [4.78, 5) is 4.62. The molecular weight excluding hydrogens is 216 g/mol. The molecule has 0 aliphatic carbocycles. The lowest BCUT2D eigenvalue weighted by Crippen LogP contribution is -2.40. The van der Waals surface area contributed by atoms with E-state index in [9.17, 15) is 0 Å². The van der Waals surface area contributed by atoms with E-state index in [4.69, 9.17) is 9.84 Å². The molecule has 2 rings (SSSR count). The number of benzene rings is 1. The Bertz CT molecular complexity index is 357. The largest absolute Gasteiger partial charge is 0.394 e. The number of hydrogen-bond donors (Lipinski definition) is 1. The van der Waals surface area contributed by atoms with E-state index in [0.29, 0.717) is 13.2 Å². The maximum atomic E-state index is 8.65. The van der Waals surface area contributed by atoms with Gasteiger partial charge in [-0.3, -0.25) is 0 Å². The molecule has 0 bridgehead atoms. The van der Waals surface area contributed by atoms with Crippen LogP contribution in [0, 0.1) is 0 Å². The smallest absolute Gasteiger partial charge is 0.0698 e.